The highest BCUT2D eigenvalue weighted by Gasteiger charge is 2.59. The minimum atomic E-state index is -1.18. The van der Waals surface area contributed by atoms with Crippen LogP contribution in [-0.4, -0.2) is 52.4 Å². The number of hydrogen-bond acceptors (Lipinski definition) is 5. The van der Waals surface area contributed by atoms with Crippen molar-refractivity contribution >= 4 is 33.5 Å². The topological polar surface area (TPSA) is 72.9 Å². The second-order valence-electron chi connectivity index (χ2n) is 5.60. The molecule has 6 nitrogen and oxygen atoms in total. The van der Waals surface area contributed by atoms with E-state index in [4.69, 9.17) is 9.47 Å². The fourth-order valence-electron chi connectivity index (χ4n) is 3.30. The first kappa shape index (κ1) is 14.7. The third-order valence-corrected chi connectivity index (χ3v) is 5.56. The highest BCUT2D eigenvalue weighted by Crippen LogP contribution is 2.42. The van der Waals surface area contributed by atoms with Crippen LogP contribution in [0, 0.1) is 0 Å². The van der Waals surface area contributed by atoms with Crippen molar-refractivity contribution in [3.63, 3.8) is 0 Å². The summed E-state index contributed by atoms with van der Waals surface area (Å²) in [6.45, 7) is 0. The Kier molecular flexibility index (Phi) is 3.10. The summed E-state index contributed by atoms with van der Waals surface area (Å²) in [5, 5.41) is 0. The number of imide groups is 1. The summed E-state index contributed by atoms with van der Waals surface area (Å²) in [6, 6.07) is 5.53. The van der Waals surface area contributed by atoms with E-state index in [-0.39, 0.29) is 5.78 Å². The van der Waals surface area contributed by atoms with Crippen LogP contribution in [0.3, 0.4) is 0 Å². The van der Waals surface area contributed by atoms with Gasteiger partial charge < -0.3 is 9.47 Å². The molecule has 0 spiro atoms. The highest BCUT2D eigenvalue weighted by atomic mass is 79.9. The fraction of sp³-hybridized carbons (Fsp3) is 0.312. The molecule has 7 heteroatoms. The predicted octanol–water partition coefficient (Wildman–Crippen LogP) is 1.30. The molecule has 2 amide bonds. The molecule has 1 aromatic carbocycles. The average molecular weight is 378 g/mol. The molecule has 3 aliphatic rings. The molecule has 3 heterocycles. The Morgan fingerprint density at radius 1 is 1.17 bits per heavy atom. The third-order valence-electron chi connectivity index (χ3n) is 4.47. The average Bonchev–Trinajstić information content (AvgIpc) is 3.08. The maximum absolute atomic E-state index is 12.8. The zero-order chi connectivity index (χ0) is 16.4. The van der Waals surface area contributed by atoms with Crippen molar-refractivity contribution in [2.75, 3.05) is 7.11 Å². The van der Waals surface area contributed by atoms with Crippen LogP contribution in [0.4, 0.5) is 0 Å². The van der Waals surface area contributed by atoms with Crippen molar-refractivity contribution in [2.45, 2.75) is 22.8 Å². The van der Waals surface area contributed by atoms with Gasteiger partial charge in [-0.1, -0.05) is 34.1 Å². The number of benzene rings is 1. The van der Waals surface area contributed by atoms with E-state index in [0.717, 1.165) is 4.90 Å². The molecule has 0 aliphatic carbocycles. The number of halogens is 1. The molecular weight excluding hydrogens is 366 g/mol. The minimum Gasteiger partial charge on any atom is -0.348 e. The molecule has 3 aliphatic heterocycles. The lowest BCUT2D eigenvalue weighted by molar-refractivity contribution is -0.215. The lowest BCUT2D eigenvalue weighted by atomic mass is 9.98. The van der Waals surface area contributed by atoms with E-state index in [1.54, 1.807) is 36.4 Å². The van der Waals surface area contributed by atoms with Gasteiger partial charge in [0.25, 0.3) is 11.8 Å². The fourth-order valence-corrected chi connectivity index (χ4v) is 4.02. The van der Waals surface area contributed by atoms with Crippen LogP contribution in [0.15, 0.2) is 36.4 Å². The van der Waals surface area contributed by atoms with Gasteiger partial charge in [0.05, 0.1) is 11.1 Å². The number of ether oxygens (including phenoxy) is 2. The molecule has 1 aromatic rings. The van der Waals surface area contributed by atoms with Crippen LogP contribution in [-0.2, 0) is 14.3 Å². The minimum absolute atomic E-state index is 0.307. The Hall–Kier alpha value is -1.83. The van der Waals surface area contributed by atoms with E-state index in [2.05, 4.69) is 15.9 Å². The predicted molar refractivity (Wildman–Crippen MR) is 82.2 cm³/mol. The molecule has 4 atom stereocenters. The first-order chi connectivity index (χ1) is 11.0. The molecule has 1 fully saturated rings. The number of Topliss-reactive ketones (excluding diaryl/α,β-unsaturated/α-hetero) is 1. The number of fused-ring (bicyclic) bond motifs is 3. The molecule has 1 saturated heterocycles. The van der Waals surface area contributed by atoms with Gasteiger partial charge in [-0.05, 0) is 18.2 Å². The van der Waals surface area contributed by atoms with Gasteiger partial charge in [-0.3, -0.25) is 19.3 Å². The van der Waals surface area contributed by atoms with Crippen molar-refractivity contribution in [1.82, 2.24) is 4.90 Å². The van der Waals surface area contributed by atoms with E-state index in [0.29, 0.717) is 11.1 Å². The van der Waals surface area contributed by atoms with Crippen molar-refractivity contribution in [1.29, 1.82) is 0 Å². The Balaban J connectivity index is 1.76. The standard InChI is InChI=1S/C16H12BrNO5/c1-22-16-7-6-10(23-16)11(12(19)13(16)17)18-14(20)8-4-2-3-5-9(8)15(18)21/h2-7,10-11,13H,1H3/t10-,11+,13+,16+/m0/s1. The van der Waals surface area contributed by atoms with E-state index < -0.39 is 34.6 Å². The van der Waals surface area contributed by atoms with Crippen molar-refractivity contribution in [3.05, 3.63) is 47.5 Å². The van der Waals surface area contributed by atoms with Gasteiger partial charge >= 0.3 is 0 Å². The number of amides is 2. The molecule has 0 N–H and O–H groups in total. The van der Waals surface area contributed by atoms with Crippen LogP contribution < -0.4 is 0 Å². The van der Waals surface area contributed by atoms with E-state index in [1.807, 2.05) is 0 Å². The van der Waals surface area contributed by atoms with E-state index in [1.165, 1.54) is 7.11 Å². The number of nitrogens with zero attached hydrogens (tertiary/aromatic N) is 1. The lowest BCUT2D eigenvalue weighted by Gasteiger charge is -2.41. The van der Waals surface area contributed by atoms with Crippen LogP contribution in [0.1, 0.15) is 20.7 Å². The van der Waals surface area contributed by atoms with Crippen LogP contribution in [0.25, 0.3) is 0 Å². The van der Waals surface area contributed by atoms with Gasteiger partial charge in [0, 0.05) is 7.11 Å². The number of methoxy groups -OCH3 is 1. The number of ketones is 1. The summed E-state index contributed by atoms with van der Waals surface area (Å²) in [4.78, 5) is 38.2. The summed E-state index contributed by atoms with van der Waals surface area (Å²) >= 11 is 3.29. The SMILES string of the molecule is CO[C@]12C=C[C@H](O1)[C@@H](N1C(=O)c3ccccc3C1=O)C(=O)[C@H]2Br. The van der Waals surface area contributed by atoms with Crippen molar-refractivity contribution in [3.8, 4) is 0 Å². The number of carbonyl (C=O) groups excluding carboxylic acids is 3. The Labute approximate surface area is 140 Å². The molecule has 0 radical (unpaired) electrons. The molecule has 0 unspecified atom stereocenters. The third kappa shape index (κ3) is 1.78. The number of rotatable bonds is 2. The summed E-state index contributed by atoms with van der Waals surface area (Å²) in [5.74, 6) is -2.45. The van der Waals surface area contributed by atoms with E-state index in [9.17, 15) is 14.4 Å². The Bertz CT molecular complexity index is 740. The normalized spacial score (nSPS) is 35.1. The maximum Gasteiger partial charge on any atom is 0.262 e. The molecule has 0 aromatic heterocycles. The van der Waals surface area contributed by atoms with Gasteiger partial charge in [0.2, 0.25) is 5.79 Å². The lowest BCUT2D eigenvalue weighted by Crippen LogP contribution is -2.62. The van der Waals surface area contributed by atoms with Crippen LogP contribution in [0.2, 0.25) is 0 Å². The summed E-state index contributed by atoms with van der Waals surface area (Å²) in [5.41, 5.74) is 0.615. The number of alkyl halides is 1. The summed E-state index contributed by atoms with van der Waals surface area (Å²) < 4.78 is 11.1. The molecule has 4 rings (SSSR count). The summed E-state index contributed by atoms with van der Waals surface area (Å²) in [6.07, 6.45) is 2.60. The first-order valence-electron chi connectivity index (χ1n) is 7.07. The number of hydrogen-bond donors (Lipinski definition) is 0. The molecule has 2 bridgehead atoms. The quantitative estimate of drug-likeness (QED) is 0.441. The van der Waals surface area contributed by atoms with Crippen molar-refractivity contribution < 1.29 is 23.9 Å². The first-order valence-corrected chi connectivity index (χ1v) is 7.99. The van der Waals surface area contributed by atoms with Crippen LogP contribution >= 0.6 is 15.9 Å². The number of carbonyl (C=O) groups is 3. The second kappa shape index (κ2) is 4.83. The summed E-state index contributed by atoms with van der Waals surface area (Å²) in [7, 11) is 1.44. The zero-order valence-electron chi connectivity index (χ0n) is 12.1. The monoisotopic (exact) mass is 377 g/mol. The molecule has 118 valence electrons. The van der Waals surface area contributed by atoms with Crippen LogP contribution in [0.5, 0.6) is 0 Å². The zero-order valence-corrected chi connectivity index (χ0v) is 13.6. The van der Waals surface area contributed by atoms with Gasteiger partial charge in [-0.2, -0.15) is 0 Å². The van der Waals surface area contributed by atoms with Gasteiger partial charge in [0.1, 0.15) is 17.0 Å². The second-order valence-corrected chi connectivity index (χ2v) is 6.52. The van der Waals surface area contributed by atoms with E-state index >= 15 is 0 Å². The highest BCUT2D eigenvalue weighted by molar-refractivity contribution is 9.10. The Morgan fingerprint density at radius 2 is 1.78 bits per heavy atom. The maximum atomic E-state index is 12.8. The smallest absolute Gasteiger partial charge is 0.262 e. The van der Waals surface area contributed by atoms with Gasteiger partial charge in [-0.15, -0.1) is 0 Å². The molecule has 0 saturated carbocycles. The van der Waals surface area contributed by atoms with Crippen molar-refractivity contribution in [2.24, 2.45) is 0 Å². The molecular formula is C16H12BrNO5. The molecule has 23 heavy (non-hydrogen) atoms. The van der Waals surface area contributed by atoms with Gasteiger partial charge in [-0.25, -0.2) is 0 Å². The Morgan fingerprint density at radius 3 is 2.35 bits per heavy atom. The largest absolute Gasteiger partial charge is 0.348 e. The van der Waals surface area contributed by atoms with Gasteiger partial charge in [0.15, 0.2) is 5.78 Å².